The Balaban J connectivity index is 1.72. The second-order valence-electron chi connectivity index (χ2n) is 11.8. The number of benzene rings is 3. The molecule has 7 nitrogen and oxygen atoms in total. The zero-order valence-electron chi connectivity index (χ0n) is 23.6. The minimum absolute atomic E-state index is 0.0607. The fourth-order valence-corrected chi connectivity index (χ4v) is 6.46. The van der Waals surface area contributed by atoms with Crippen LogP contribution in [0.4, 0.5) is 11.4 Å². The lowest BCUT2D eigenvalue weighted by molar-refractivity contribution is -0.125. The van der Waals surface area contributed by atoms with Crippen molar-refractivity contribution in [3.63, 3.8) is 0 Å². The molecule has 1 spiro atoms. The van der Waals surface area contributed by atoms with E-state index in [9.17, 15) is 19.5 Å². The quantitative estimate of drug-likeness (QED) is 0.312. The molecular formula is C35H30N2O5. The molecule has 6 rings (SSSR count). The first-order chi connectivity index (χ1) is 20.1. The van der Waals surface area contributed by atoms with Crippen molar-refractivity contribution in [3.8, 4) is 0 Å². The molecule has 42 heavy (non-hydrogen) atoms. The average Bonchev–Trinajstić information content (AvgIpc) is 3.34. The van der Waals surface area contributed by atoms with E-state index in [4.69, 9.17) is 0 Å². The Labute approximate surface area is 244 Å². The van der Waals surface area contributed by atoms with Crippen molar-refractivity contribution >= 4 is 41.3 Å². The number of aliphatic hydroxyl groups excluding tert-OH is 1. The highest BCUT2D eigenvalue weighted by molar-refractivity contribution is 6.31. The minimum atomic E-state index is -2.09. The molecule has 1 atom stereocenters. The van der Waals surface area contributed by atoms with Crippen molar-refractivity contribution in [2.45, 2.75) is 39.2 Å². The van der Waals surface area contributed by atoms with Crippen LogP contribution in [0.25, 0.3) is 6.08 Å². The second-order valence-corrected chi connectivity index (χ2v) is 11.8. The van der Waals surface area contributed by atoms with E-state index in [2.05, 4.69) is 0 Å². The summed E-state index contributed by atoms with van der Waals surface area (Å²) in [5.74, 6) is -2.51. The SMILES string of the molecule is Cc1ccc(N2C(=O)C(O)=C(C(C=O)=Cc3ccccc3)C23C(=O)N(c2ccccc2)C2=C3C(=O)CC(C)(C)C2)cc1. The number of allylic oxidation sites excluding steroid dienone is 1. The maximum Gasteiger partial charge on any atom is 0.295 e. The molecule has 0 saturated heterocycles. The van der Waals surface area contributed by atoms with Crippen LogP contribution in [0.2, 0.25) is 0 Å². The van der Waals surface area contributed by atoms with Crippen molar-refractivity contribution in [3.05, 3.63) is 124 Å². The smallest absolute Gasteiger partial charge is 0.295 e. The lowest BCUT2D eigenvalue weighted by atomic mass is 9.69. The number of aldehydes is 1. The van der Waals surface area contributed by atoms with Gasteiger partial charge in [0, 0.05) is 29.1 Å². The Morgan fingerprint density at radius 2 is 1.45 bits per heavy atom. The van der Waals surface area contributed by atoms with E-state index in [0.29, 0.717) is 35.3 Å². The van der Waals surface area contributed by atoms with Crippen LogP contribution in [0, 0.1) is 12.3 Å². The molecule has 1 N–H and O–H groups in total. The Bertz CT molecular complexity index is 1730. The summed E-state index contributed by atoms with van der Waals surface area (Å²) in [5.41, 5.74) is 0.191. The van der Waals surface area contributed by atoms with Gasteiger partial charge in [-0.05, 0) is 54.7 Å². The van der Waals surface area contributed by atoms with E-state index in [1.165, 1.54) is 15.9 Å². The predicted molar refractivity (Wildman–Crippen MR) is 161 cm³/mol. The number of hydrogen-bond donors (Lipinski definition) is 1. The highest BCUT2D eigenvalue weighted by Gasteiger charge is 2.69. The van der Waals surface area contributed by atoms with Gasteiger partial charge in [-0.1, -0.05) is 80.1 Å². The maximum atomic E-state index is 15.1. The Hall–Kier alpha value is -5.04. The number of Topliss-reactive ketones (excluding diaryl/α,β-unsaturated/α-hetero) is 1. The minimum Gasteiger partial charge on any atom is -0.503 e. The zero-order valence-corrected chi connectivity index (χ0v) is 23.6. The molecule has 7 heteroatoms. The first-order valence-corrected chi connectivity index (χ1v) is 13.8. The van der Waals surface area contributed by atoms with Gasteiger partial charge in [0.05, 0.1) is 11.1 Å². The van der Waals surface area contributed by atoms with Crippen LogP contribution >= 0.6 is 0 Å². The molecule has 3 aliphatic rings. The number of aryl methyl sites for hydroxylation is 1. The molecule has 0 bridgehead atoms. The molecule has 0 radical (unpaired) electrons. The summed E-state index contributed by atoms with van der Waals surface area (Å²) in [6.45, 7) is 5.82. The van der Waals surface area contributed by atoms with E-state index < -0.39 is 28.5 Å². The van der Waals surface area contributed by atoms with E-state index >= 15 is 4.79 Å². The number of aliphatic hydroxyl groups is 1. The largest absolute Gasteiger partial charge is 0.503 e. The Morgan fingerprint density at radius 3 is 2.07 bits per heavy atom. The van der Waals surface area contributed by atoms with Gasteiger partial charge in [0.15, 0.2) is 23.4 Å². The third-order valence-corrected chi connectivity index (χ3v) is 8.18. The molecular weight excluding hydrogens is 528 g/mol. The average molecular weight is 559 g/mol. The van der Waals surface area contributed by atoms with Gasteiger partial charge in [-0.15, -0.1) is 0 Å². The first-order valence-electron chi connectivity index (χ1n) is 13.8. The topological polar surface area (TPSA) is 95.0 Å². The van der Waals surface area contributed by atoms with Gasteiger partial charge in [0.2, 0.25) is 0 Å². The van der Waals surface area contributed by atoms with Gasteiger partial charge in [-0.3, -0.25) is 29.0 Å². The lowest BCUT2D eigenvalue weighted by Gasteiger charge is -2.38. The number of amides is 2. The number of rotatable bonds is 5. The number of nitrogens with zero attached hydrogens (tertiary/aromatic N) is 2. The Morgan fingerprint density at radius 1 is 0.833 bits per heavy atom. The maximum absolute atomic E-state index is 15.1. The van der Waals surface area contributed by atoms with Crippen molar-refractivity contribution < 1.29 is 24.3 Å². The van der Waals surface area contributed by atoms with Crippen molar-refractivity contribution in [1.82, 2.24) is 0 Å². The summed E-state index contributed by atoms with van der Waals surface area (Å²) >= 11 is 0. The molecule has 1 unspecified atom stereocenters. The van der Waals surface area contributed by atoms with Crippen molar-refractivity contribution in [2.75, 3.05) is 9.80 Å². The second kappa shape index (κ2) is 9.80. The number of fused-ring (bicyclic) bond motifs is 1. The van der Waals surface area contributed by atoms with Gasteiger partial charge < -0.3 is 5.11 Å². The summed E-state index contributed by atoms with van der Waals surface area (Å²) in [6.07, 6.45) is 2.57. The number of hydrogen-bond acceptors (Lipinski definition) is 5. The van der Waals surface area contributed by atoms with E-state index in [1.54, 1.807) is 72.8 Å². The van der Waals surface area contributed by atoms with E-state index in [1.807, 2.05) is 32.9 Å². The van der Waals surface area contributed by atoms with Crippen LogP contribution in [0.1, 0.15) is 37.8 Å². The summed E-state index contributed by atoms with van der Waals surface area (Å²) < 4.78 is 0. The molecule has 2 heterocycles. The fourth-order valence-electron chi connectivity index (χ4n) is 6.46. The standard InChI is InChI=1S/C35H30N2O5/c1-22-14-16-26(17-15-22)37-32(41)31(40)29(24(21-38)18-23-10-6-4-7-11-23)35(37)30-27(19-34(2,3)20-28(30)39)36(33(35)42)25-12-8-5-9-13-25/h4-18,21,40H,19-20H2,1-3H3. The first kappa shape index (κ1) is 27.1. The van der Waals surface area contributed by atoms with Crippen LogP contribution in [0.15, 0.2) is 113 Å². The molecule has 0 fully saturated rings. The van der Waals surface area contributed by atoms with Crippen LogP contribution in [-0.4, -0.2) is 34.5 Å². The molecule has 2 amide bonds. The number of para-hydroxylation sites is 1. The third-order valence-electron chi connectivity index (χ3n) is 8.18. The molecule has 1 aliphatic carbocycles. The predicted octanol–water partition coefficient (Wildman–Crippen LogP) is 5.87. The lowest BCUT2D eigenvalue weighted by Crippen LogP contribution is -2.58. The van der Waals surface area contributed by atoms with Gasteiger partial charge in [0.1, 0.15) is 0 Å². The van der Waals surface area contributed by atoms with Crippen molar-refractivity contribution in [2.24, 2.45) is 5.41 Å². The van der Waals surface area contributed by atoms with Crippen LogP contribution in [0.5, 0.6) is 0 Å². The molecule has 0 aromatic heterocycles. The van der Waals surface area contributed by atoms with Crippen LogP contribution < -0.4 is 9.80 Å². The third kappa shape index (κ3) is 3.96. The number of carbonyl (C=O) groups excluding carboxylic acids is 4. The van der Waals surface area contributed by atoms with E-state index in [0.717, 1.165) is 5.56 Å². The number of anilines is 2. The summed E-state index contributed by atoms with van der Waals surface area (Å²) in [6, 6.07) is 24.9. The zero-order chi connectivity index (χ0) is 29.8. The normalized spacial score (nSPS) is 22.0. The number of ketones is 1. The Kier molecular flexibility index (Phi) is 6.34. The van der Waals surface area contributed by atoms with Crippen LogP contribution in [0.3, 0.4) is 0 Å². The molecule has 0 saturated carbocycles. The number of carbonyl (C=O) groups is 4. The highest BCUT2D eigenvalue weighted by Crippen LogP contribution is 2.57. The van der Waals surface area contributed by atoms with Crippen LogP contribution in [-0.2, 0) is 19.2 Å². The summed E-state index contributed by atoms with van der Waals surface area (Å²) in [7, 11) is 0. The van der Waals surface area contributed by atoms with Gasteiger partial charge in [-0.25, -0.2) is 0 Å². The highest BCUT2D eigenvalue weighted by atomic mass is 16.3. The fraction of sp³-hybridized carbons (Fsp3) is 0.200. The van der Waals surface area contributed by atoms with Gasteiger partial charge in [-0.2, -0.15) is 0 Å². The molecule has 3 aromatic rings. The molecule has 210 valence electrons. The molecule has 2 aliphatic heterocycles. The monoisotopic (exact) mass is 558 g/mol. The van der Waals surface area contributed by atoms with Gasteiger partial charge in [0.25, 0.3) is 11.8 Å². The summed E-state index contributed by atoms with van der Waals surface area (Å²) in [5, 5.41) is 11.6. The van der Waals surface area contributed by atoms with E-state index in [-0.39, 0.29) is 28.9 Å². The van der Waals surface area contributed by atoms with Crippen molar-refractivity contribution in [1.29, 1.82) is 0 Å². The summed E-state index contributed by atoms with van der Waals surface area (Å²) in [4.78, 5) is 59.0. The van der Waals surface area contributed by atoms with Gasteiger partial charge >= 0.3 is 0 Å². The molecule has 3 aromatic carbocycles.